The van der Waals surface area contributed by atoms with Gasteiger partial charge in [-0.25, -0.2) is 0 Å². The molecule has 2 saturated carbocycles. The smallest absolute Gasteiger partial charge is 0.0411 e. The Hall–Kier alpha value is 0. The highest BCUT2D eigenvalue weighted by Gasteiger charge is 2.24. The molecule has 0 saturated heterocycles. The first-order chi connectivity index (χ1) is 9.38. The number of rotatable bonds is 7. The van der Waals surface area contributed by atoms with Crippen LogP contribution in [0.15, 0.2) is 0 Å². The number of hydrogen-bond donors (Lipinski definition) is 0. The molecule has 0 spiro atoms. The Morgan fingerprint density at radius 2 is 1.26 bits per heavy atom. The van der Waals surface area contributed by atoms with E-state index in [1.54, 1.807) is 44.9 Å². The molecule has 19 heavy (non-hydrogen) atoms. The van der Waals surface area contributed by atoms with Gasteiger partial charge in [0, 0.05) is 0 Å². The van der Waals surface area contributed by atoms with Crippen molar-refractivity contribution >= 4 is 0 Å². The SMILES string of the molecule is CCCCCCC1CCC(CC2CCCCC2)CC1. The van der Waals surface area contributed by atoms with E-state index in [0.717, 1.165) is 17.8 Å². The zero-order chi connectivity index (χ0) is 13.3. The molecule has 0 heteroatoms. The van der Waals surface area contributed by atoms with Crippen molar-refractivity contribution in [3.05, 3.63) is 0 Å². The van der Waals surface area contributed by atoms with Crippen LogP contribution in [-0.2, 0) is 0 Å². The predicted molar refractivity (Wildman–Crippen MR) is 85.4 cm³/mol. The van der Waals surface area contributed by atoms with Gasteiger partial charge in [-0.15, -0.1) is 0 Å². The van der Waals surface area contributed by atoms with Crippen LogP contribution in [0.4, 0.5) is 0 Å². The summed E-state index contributed by atoms with van der Waals surface area (Å²) in [7, 11) is 0. The van der Waals surface area contributed by atoms with Crippen molar-refractivity contribution in [2.24, 2.45) is 17.8 Å². The molecule has 0 aliphatic heterocycles. The fourth-order valence-electron chi connectivity index (χ4n) is 4.51. The van der Waals surface area contributed by atoms with Gasteiger partial charge in [-0.3, -0.25) is 0 Å². The summed E-state index contributed by atoms with van der Waals surface area (Å²) < 4.78 is 0. The first-order valence-corrected chi connectivity index (χ1v) is 9.38. The van der Waals surface area contributed by atoms with Gasteiger partial charge < -0.3 is 0 Å². The predicted octanol–water partition coefficient (Wildman–Crippen LogP) is 6.73. The molecule has 0 aromatic carbocycles. The number of unbranched alkanes of at least 4 members (excludes halogenated alkanes) is 3. The van der Waals surface area contributed by atoms with Crippen molar-refractivity contribution in [2.75, 3.05) is 0 Å². The van der Waals surface area contributed by atoms with E-state index in [1.165, 1.54) is 51.4 Å². The fraction of sp³-hybridized carbons (Fsp3) is 1.00. The van der Waals surface area contributed by atoms with Crippen molar-refractivity contribution in [1.82, 2.24) is 0 Å². The first-order valence-electron chi connectivity index (χ1n) is 9.38. The largest absolute Gasteiger partial charge is 0.0654 e. The Morgan fingerprint density at radius 1 is 0.632 bits per heavy atom. The average molecular weight is 264 g/mol. The van der Waals surface area contributed by atoms with Gasteiger partial charge in [0.05, 0.1) is 0 Å². The molecule has 2 fully saturated rings. The summed E-state index contributed by atoms with van der Waals surface area (Å²) in [5.74, 6) is 3.31. The van der Waals surface area contributed by atoms with E-state index in [4.69, 9.17) is 0 Å². The first kappa shape index (κ1) is 15.4. The second-order valence-electron chi connectivity index (χ2n) is 7.48. The Bertz CT molecular complexity index is 206. The second kappa shape index (κ2) is 9.03. The molecule has 0 aromatic heterocycles. The van der Waals surface area contributed by atoms with E-state index >= 15 is 0 Å². The lowest BCUT2D eigenvalue weighted by molar-refractivity contribution is 0.204. The van der Waals surface area contributed by atoms with E-state index < -0.39 is 0 Å². The third kappa shape index (κ3) is 5.88. The van der Waals surface area contributed by atoms with Gasteiger partial charge in [0.2, 0.25) is 0 Å². The monoisotopic (exact) mass is 264 g/mol. The van der Waals surface area contributed by atoms with Crippen molar-refractivity contribution in [3.63, 3.8) is 0 Å². The van der Waals surface area contributed by atoms with Crippen molar-refractivity contribution in [1.29, 1.82) is 0 Å². The Morgan fingerprint density at radius 3 is 1.95 bits per heavy atom. The third-order valence-electron chi connectivity index (χ3n) is 5.82. The highest BCUT2D eigenvalue weighted by atomic mass is 14.3. The minimum Gasteiger partial charge on any atom is -0.0654 e. The van der Waals surface area contributed by atoms with E-state index in [2.05, 4.69) is 6.92 Å². The molecule has 0 aromatic rings. The van der Waals surface area contributed by atoms with Crippen LogP contribution in [0.3, 0.4) is 0 Å². The van der Waals surface area contributed by atoms with Crippen molar-refractivity contribution < 1.29 is 0 Å². The molecule has 0 N–H and O–H groups in total. The molecule has 0 atom stereocenters. The van der Waals surface area contributed by atoms with Crippen LogP contribution in [0.1, 0.15) is 103 Å². The van der Waals surface area contributed by atoms with Gasteiger partial charge in [-0.2, -0.15) is 0 Å². The van der Waals surface area contributed by atoms with Crippen LogP contribution in [0.25, 0.3) is 0 Å². The lowest BCUT2D eigenvalue weighted by Gasteiger charge is -2.32. The van der Waals surface area contributed by atoms with Gasteiger partial charge >= 0.3 is 0 Å². The molecule has 0 nitrogen and oxygen atoms in total. The molecule has 0 amide bonds. The van der Waals surface area contributed by atoms with Crippen LogP contribution in [-0.4, -0.2) is 0 Å². The average Bonchev–Trinajstić information content (AvgIpc) is 2.46. The Kier molecular flexibility index (Phi) is 7.32. The van der Waals surface area contributed by atoms with Crippen molar-refractivity contribution in [2.45, 2.75) is 103 Å². The minimum absolute atomic E-state index is 1.10. The summed E-state index contributed by atoms with van der Waals surface area (Å²) in [5, 5.41) is 0. The third-order valence-corrected chi connectivity index (χ3v) is 5.82. The highest BCUT2D eigenvalue weighted by molar-refractivity contribution is 4.76. The summed E-state index contributed by atoms with van der Waals surface area (Å²) in [4.78, 5) is 0. The van der Waals surface area contributed by atoms with Gasteiger partial charge in [-0.05, 0) is 24.2 Å². The lowest BCUT2D eigenvalue weighted by atomic mass is 9.74. The molecule has 2 aliphatic carbocycles. The zero-order valence-electron chi connectivity index (χ0n) is 13.3. The molecular weight excluding hydrogens is 228 g/mol. The van der Waals surface area contributed by atoms with E-state index in [0.29, 0.717) is 0 Å². The van der Waals surface area contributed by atoms with Gasteiger partial charge in [0.25, 0.3) is 0 Å². The van der Waals surface area contributed by atoms with Crippen LogP contribution in [0, 0.1) is 17.8 Å². The van der Waals surface area contributed by atoms with Gasteiger partial charge in [0.15, 0.2) is 0 Å². The maximum Gasteiger partial charge on any atom is -0.0411 e. The Balaban J connectivity index is 1.54. The molecule has 2 aliphatic rings. The molecule has 0 radical (unpaired) electrons. The highest BCUT2D eigenvalue weighted by Crippen LogP contribution is 2.38. The van der Waals surface area contributed by atoms with Crippen LogP contribution in [0.5, 0.6) is 0 Å². The molecule has 112 valence electrons. The summed E-state index contributed by atoms with van der Waals surface area (Å²) >= 11 is 0. The lowest BCUT2D eigenvalue weighted by Crippen LogP contribution is -2.18. The molecule has 0 bridgehead atoms. The van der Waals surface area contributed by atoms with E-state index in [9.17, 15) is 0 Å². The summed E-state index contributed by atoms with van der Waals surface area (Å²) in [6.45, 7) is 2.32. The van der Waals surface area contributed by atoms with Crippen LogP contribution >= 0.6 is 0 Å². The molecule has 0 heterocycles. The summed E-state index contributed by atoms with van der Waals surface area (Å²) in [5.41, 5.74) is 0. The quantitative estimate of drug-likeness (QED) is 0.447. The van der Waals surface area contributed by atoms with Gasteiger partial charge in [-0.1, -0.05) is 96.8 Å². The summed E-state index contributed by atoms with van der Waals surface area (Å²) in [6.07, 6.45) is 22.9. The standard InChI is InChI=1S/C19H36/c1-2-3-4-6-9-17-12-14-19(15-13-17)16-18-10-7-5-8-11-18/h17-19H,2-16H2,1H3. The Labute approximate surface area is 121 Å². The van der Waals surface area contributed by atoms with Gasteiger partial charge in [0.1, 0.15) is 0 Å². The number of hydrogen-bond acceptors (Lipinski definition) is 0. The van der Waals surface area contributed by atoms with Crippen LogP contribution in [0.2, 0.25) is 0 Å². The normalized spacial score (nSPS) is 29.5. The maximum atomic E-state index is 2.32. The molecule has 2 rings (SSSR count). The fourth-order valence-corrected chi connectivity index (χ4v) is 4.51. The van der Waals surface area contributed by atoms with Crippen molar-refractivity contribution in [3.8, 4) is 0 Å². The maximum absolute atomic E-state index is 2.32. The topological polar surface area (TPSA) is 0 Å². The van der Waals surface area contributed by atoms with E-state index in [-0.39, 0.29) is 0 Å². The van der Waals surface area contributed by atoms with E-state index in [1.807, 2.05) is 0 Å². The minimum atomic E-state index is 1.10. The summed E-state index contributed by atoms with van der Waals surface area (Å²) in [6, 6.07) is 0. The second-order valence-corrected chi connectivity index (χ2v) is 7.48. The van der Waals surface area contributed by atoms with Crippen LogP contribution < -0.4 is 0 Å². The molecule has 0 unspecified atom stereocenters. The molecular formula is C19H36. The zero-order valence-corrected chi connectivity index (χ0v) is 13.3.